The molecule has 0 saturated carbocycles. The van der Waals surface area contributed by atoms with Gasteiger partial charge >= 0.3 is 0 Å². The van der Waals surface area contributed by atoms with Gasteiger partial charge in [0.15, 0.2) is 0 Å². The topological polar surface area (TPSA) is 59.0 Å². The summed E-state index contributed by atoms with van der Waals surface area (Å²) in [7, 11) is 0. The monoisotopic (exact) mass is 434 g/mol. The molecule has 160 valence electrons. The molecule has 5 nitrogen and oxygen atoms in total. The highest BCUT2D eigenvalue weighted by Gasteiger charge is 2.33. The molecule has 1 amide bonds. The molecular weight excluding hydrogens is 408 g/mol. The molecule has 4 heterocycles. The maximum absolute atomic E-state index is 13.8. The second kappa shape index (κ2) is 9.56. The molecule has 2 atom stereocenters. The maximum Gasteiger partial charge on any atom is 0.273 e. The van der Waals surface area contributed by atoms with Gasteiger partial charge in [0.1, 0.15) is 5.69 Å². The summed E-state index contributed by atoms with van der Waals surface area (Å²) < 4.78 is 0. The molecule has 0 spiro atoms. The zero-order valence-electron chi connectivity index (χ0n) is 18.0. The number of aryl methyl sites for hydroxylation is 2. The summed E-state index contributed by atoms with van der Waals surface area (Å²) in [4.78, 5) is 29.1. The first-order chi connectivity index (χ1) is 15.0. The van der Waals surface area contributed by atoms with Crippen LogP contribution in [0.4, 0.5) is 0 Å². The van der Waals surface area contributed by atoms with Gasteiger partial charge < -0.3 is 4.90 Å². The normalized spacial score (nSPS) is 18.7. The van der Waals surface area contributed by atoms with Crippen molar-refractivity contribution in [2.24, 2.45) is 5.92 Å². The average Bonchev–Trinajstić information content (AvgIpc) is 2.79. The minimum atomic E-state index is 0.00293. The Balaban J connectivity index is 1.61. The van der Waals surface area contributed by atoms with E-state index in [1.54, 1.807) is 18.6 Å². The van der Waals surface area contributed by atoms with Gasteiger partial charge in [-0.15, -0.1) is 0 Å². The Morgan fingerprint density at radius 2 is 2.06 bits per heavy atom. The second-order valence-electron chi connectivity index (χ2n) is 8.28. The number of hydrogen-bond acceptors (Lipinski definition) is 4. The molecule has 0 unspecified atom stereocenters. The molecule has 6 heteroatoms. The maximum atomic E-state index is 13.8. The number of carbonyl (C=O) groups excluding carboxylic acids is 1. The van der Waals surface area contributed by atoms with Crippen LogP contribution in [0.1, 0.15) is 48.1 Å². The van der Waals surface area contributed by atoms with E-state index in [0.717, 1.165) is 54.7 Å². The quantitative estimate of drug-likeness (QED) is 0.541. The molecule has 1 saturated heterocycles. The fraction of sp³-hybridized carbons (Fsp3) is 0.360. The summed E-state index contributed by atoms with van der Waals surface area (Å²) in [5.74, 6) is 0.430. The first-order valence-corrected chi connectivity index (χ1v) is 11.2. The standard InChI is InChI=1S/C25H27ClN4O/c1-17-5-4-14-30(23(17)12-10-21-9-8-20(26)16-28-21)25(31)24-22(11-7-18(2)29-24)19-6-3-13-27-15-19/h3,6-9,11,13,15-17,23H,4-5,10,12,14H2,1-2H3/t17-,23-/m1/s1. The van der Waals surface area contributed by atoms with E-state index in [4.69, 9.17) is 11.6 Å². The van der Waals surface area contributed by atoms with Gasteiger partial charge in [0.2, 0.25) is 0 Å². The van der Waals surface area contributed by atoms with E-state index in [0.29, 0.717) is 16.6 Å². The highest BCUT2D eigenvalue weighted by atomic mass is 35.5. The van der Waals surface area contributed by atoms with Crippen LogP contribution in [0.15, 0.2) is 55.0 Å². The summed E-state index contributed by atoms with van der Waals surface area (Å²) >= 11 is 5.97. The average molecular weight is 435 g/mol. The number of likely N-dealkylation sites (tertiary alicyclic amines) is 1. The summed E-state index contributed by atoms with van der Waals surface area (Å²) in [6.07, 6.45) is 9.02. The molecular formula is C25H27ClN4O. The summed E-state index contributed by atoms with van der Waals surface area (Å²) in [6, 6.07) is 11.8. The Morgan fingerprint density at radius 3 is 2.81 bits per heavy atom. The van der Waals surface area contributed by atoms with Crippen molar-refractivity contribution in [1.82, 2.24) is 19.9 Å². The van der Waals surface area contributed by atoms with E-state index in [1.165, 1.54) is 0 Å². The number of pyridine rings is 3. The Kier molecular flexibility index (Phi) is 6.62. The molecule has 1 fully saturated rings. The van der Waals surface area contributed by atoms with Gasteiger partial charge in [-0.05, 0) is 62.8 Å². The zero-order chi connectivity index (χ0) is 21.8. The van der Waals surface area contributed by atoms with Crippen LogP contribution < -0.4 is 0 Å². The fourth-order valence-electron chi connectivity index (χ4n) is 4.40. The highest BCUT2D eigenvalue weighted by molar-refractivity contribution is 6.30. The lowest BCUT2D eigenvalue weighted by atomic mass is 9.87. The van der Waals surface area contributed by atoms with E-state index in [-0.39, 0.29) is 11.9 Å². The third-order valence-electron chi connectivity index (χ3n) is 6.07. The number of carbonyl (C=O) groups is 1. The highest BCUT2D eigenvalue weighted by Crippen LogP contribution is 2.30. The van der Waals surface area contributed by atoms with Gasteiger partial charge in [0.25, 0.3) is 5.91 Å². The molecule has 1 aliphatic heterocycles. The molecule has 1 aliphatic rings. The number of hydrogen-bond donors (Lipinski definition) is 0. The van der Waals surface area contributed by atoms with Crippen LogP contribution >= 0.6 is 11.6 Å². The zero-order valence-corrected chi connectivity index (χ0v) is 18.7. The van der Waals surface area contributed by atoms with Crippen LogP contribution in [0.2, 0.25) is 5.02 Å². The summed E-state index contributed by atoms with van der Waals surface area (Å²) in [5.41, 5.74) is 4.09. The Bertz CT molecular complexity index is 1040. The van der Waals surface area contributed by atoms with Crippen molar-refractivity contribution in [1.29, 1.82) is 0 Å². The minimum absolute atomic E-state index is 0.00293. The number of rotatable bonds is 5. The van der Waals surface area contributed by atoms with Gasteiger partial charge in [-0.2, -0.15) is 0 Å². The van der Waals surface area contributed by atoms with Crippen molar-refractivity contribution < 1.29 is 4.79 Å². The Morgan fingerprint density at radius 1 is 1.19 bits per heavy atom. The van der Waals surface area contributed by atoms with Crippen molar-refractivity contribution in [2.75, 3.05) is 6.54 Å². The molecule has 0 N–H and O–H groups in total. The predicted molar refractivity (Wildman–Crippen MR) is 123 cm³/mol. The smallest absolute Gasteiger partial charge is 0.273 e. The molecule has 31 heavy (non-hydrogen) atoms. The van der Waals surface area contributed by atoms with Gasteiger partial charge in [-0.3, -0.25) is 14.8 Å². The van der Waals surface area contributed by atoms with Gasteiger partial charge in [0, 0.05) is 53.7 Å². The van der Waals surface area contributed by atoms with Crippen LogP contribution in [0.5, 0.6) is 0 Å². The number of amides is 1. The number of halogens is 1. The predicted octanol–water partition coefficient (Wildman–Crippen LogP) is 5.37. The second-order valence-corrected chi connectivity index (χ2v) is 8.72. The van der Waals surface area contributed by atoms with Crippen molar-refractivity contribution >= 4 is 17.5 Å². The van der Waals surface area contributed by atoms with Crippen LogP contribution in [-0.2, 0) is 6.42 Å². The van der Waals surface area contributed by atoms with Gasteiger partial charge in [-0.1, -0.05) is 30.7 Å². The van der Waals surface area contributed by atoms with Gasteiger partial charge in [0.05, 0.1) is 5.02 Å². The lowest BCUT2D eigenvalue weighted by molar-refractivity contribution is 0.0494. The molecule has 0 aliphatic carbocycles. The van der Waals surface area contributed by atoms with Crippen LogP contribution in [0.25, 0.3) is 11.1 Å². The van der Waals surface area contributed by atoms with E-state index < -0.39 is 0 Å². The number of aromatic nitrogens is 3. The summed E-state index contributed by atoms with van der Waals surface area (Å²) in [6.45, 7) is 4.92. The lowest BCUT2D eigenvalue weighted by Crippen LogP contribution is -2.48. The Hall–Kier alpha value is -2.79. The summed E-state index contributed by atoms with van der Waals surface area (Å²) in [5, 5.41) is 0.639. The van der Waals surface area contributed by atoms with E-state index in [9.17, 15) is 4.79 Å². The number of nitrogens with zero attached hydrogens (tertiary/aromatic N) is 4. The van der Waals surface area contributed by atoms with Crippen LogP contribution in [0, 0.1) is 12.8 Å². The molecule has 4 rings (SSSR count). The van der Waals surface area contributed by atoms with Crippen molar-refractivity contribution in [2.45, 2.75) is 45.6 Å². The first-order valence-electron chi connectivity index (χ1n) is 10.8. The third kappa shape index (κ3) is 4.93. The number of piperidine rings is 1. The van der Waals surface area contributed by atoms with Crippen LogP contribution in [0.3, 0.4) is 0 Å². The third-order valence-corrected chi connectivity index (χ3v) is 6.29. The molecule has 3 aromatic rings. The molecule has 3 aromatic heterocycles. The minimum Gasteiger partial charge on any atom is -0.334 e. The SMILES string of the molecule is Cc1ccc(-c2cccnc2)c(C(=O)N2CCC[C@@H](C)[C@H]2CCc2ccc(Cl)cn2)n1. The largest absolute Gasteiger partial charge is 0.334 e. The lowest BCUT2D eigenvalue weighted by Gasteiger charge is -2.40. The van der Waals surface area contributed by atoms with Crippen molar-refractivity contribution in [3.8, 4) is 11.1 Å². The van der Waals surface area contributed by atoms with E-state index >= 15 is 0 Å². The van der Waals surface area contributed by atoms with Crippen molar-refractivity contribution in [3.05, 3.63) is 77.1 Å². The Labute approximate surface area is 188 Å². The van der Waals surface area contributed by atoms with E-state index in [2.05, 4.69) is 21.9 Å². The molecule has 0 radical (unpaired) electrons. The fourth-order valence-corrected chi connectivity index (χ4v) is 4.51. The molecule has 0 aromatic carbocycles. The van der Waals surface area contributed by atoms with Crippen LogP contribution in [-0.4, -0.2) is 38.3 Å². The van der Waals surface area contributed by atoms with Gasteiger partial charge in [-0.25, -0.2) is 4.98 Å². The first kappa shape index (κ1) is 21.4. The molecule has 0 bridgehead atoms. The van der Waals surface area contributed by atoms with Crippen molar-refractivity contribution in [3.63, 3.8) is 0 Å². The van der Waals surface area contributed by atoms with E-state index in [1.807, 2.05) is 48.2 Å².